The van der Waals surface area contributed by atoms with E-state index in [1.54, 1.807) is 18.4 Å². The van der Waals surface area contributed by atoms with E-state index in [2.05, 4.69) is 30.2 Å². The SMILES string of the molecule is CC[C@H]1O[C@@H](n2cc(C)c(=O)[nH]c2=O)C[C@H]1OP(=O)([S-])OC[C@H]1O[C@@H](n2cc(C)c(=O)[nH]c2=O)C[C@H]1OP([O-])(=S)OC[C@H]1O[C@@H](n2cc(C)c(N)nc2=O)C[C@H]1OP([O-])(=S)OC[C@@H]1CC[C@H](n2cnc3c2NC(N)=NC3N)O1. The number of aryl methyl sites for hydroxylation is 3. The molecule has 4 unspecified atom stereocenters. The molecule has 4 fully saturated rings. The molecule has 31 nitrogen and oxygen atoms in total. The van der Waals surface area contributed by atoms with Crippen molar-refractivity contribution in [3.63, 3.8) is 0 Å². The van der Waals surface area contributed by atoms with Crippen LogP contribution in [0.5, 0.6) is 0 Å². The quantitative estimate of drug-likeness (QED) is 0.0476. The number of hydrogen-bond acceptors (Lipinski definition) is 28. The van der Waals surface area contributed by atoms with Gasteiger partial charge in [-0.1, -0.05) is 30.5 Å². The first kappa shape index (κ1) is 58.5. The van der Waals surface area contributed by atoms with Crippen molar-refractivity contribution in [1.29, 1.82) is 0 Å². The van der Waals surface area contributed by atoms with Crippen molar-refractivity contribution >= 4 is 73.7 Å². The molecule has 0 amide bonds. The van der Waals surface area contributed by atoms with E-state index in [0.29, 0.717) is 36.3 Å². The zero-order chi connectivity index (χ0) is 56.2. The van der Waals surface area contributed by atoms with Crippen LogP contribution in [-0.4, -0.2) is 107 Å². The number of aromatic amines is 2. The number of hydrogen-bond donors (Lipinski definition) is 6. The molecule has 37 heteroatoms. The van der Waals surface area contributed by atoms with Crippen LogP contribution in [0.4, 0.5) is 11.6 Å². The Labute approximate surface area is 457 Å². The molecule has 0 aliphatic carbocycles. The third-order valence-electron chi connectivity index (χ3n) is 13.4. The van der Waals surface area contributed by atoms with Crippen LogP contribution < -0.4 is 60.5 Å². The van der Waals surface area contributed by atoms with Gasteiger partial charge in [0.25, 0.3) is 11.1 Å². The second kappa shape index (κ2) is 23.4. The molecule has 9 heterocycles. The number of guanidine groups is 1. The van der Waals surface area contributed by atoms with Gasteiger partial charge in [0.05, 0.1) is 56.7 Å². The zero-order valence-corrected chi connectivity index (χ0v) is 47.0. The molecule has 5 aliphatic heterocycles. The van der Waals surface area contributed by atoms with Crippen LogP contribution in [0.25, 0.3) is 0 Å². The maximum absolute atomic E-state index is 14.2. The van der Waals surface area contributed by atoms with Gasteiger partial charge < -0.3 is 90.6 Å². The molecule has 0 bridgehead atoms. The lowest BCUT2D eigenvalue weighted by Crippen LogP contribution is -2.33. The van der Waals surface area contributed by atoms with E-state index < -0.39 is 135 Å². The fourth-order valence-electron chi connectivity index (χ4n) is 9.40. The van der Waals surface area contributed by atoms with Crippen LogP contribution >= 0.6 is 20.2 Å². The predicted octanol–water partition coefficient (Wildman–Crippen LogP) is -0.575. The van der Waals surface area contributed by atoms with Gasteiger partial charge in [0.15, 0.2) is 12.8 Å². The Kier molecular flexibility index (Phi) is 17.6. The maximum Gasteiger partial charge on any atom is 0.351 e. The van der Waals surface area contributed by atoms with Crippen LogP contribution in [0.15, 0.2) is 53.9 Å². The molecule has 0 radical (unpaired) electrons. The summed E-state index contributed by atoms with van der Waals surface area (Å²) in [7, 11) is 0. The lowest BCUT2D eigenvalue weighted by Gasteiger charge is -2.35. The van der Waals surface area contributed by atoms with Gasteiger partial charge in [-0.25, -0.2) is 24.4 Å². The molecular weight excluding hydrogens is 1150 g/mol. The molecule has 5 aliphatic rings. The highest BCUT2D eigenvalue weighted by Crippen LogP contribution is 2.53. The molecule has 4 aromatic rings. The number of nitrogens with one attached hydrogen (secondary N) is 3. The van der Waals surface area contributed by atoms with Crippen LogP contribution in [0.3, 0.4) is 0 Å². The highest BCUT2D eigenvalue weighted by Gasteiger charge is 2.44. The predicted molar refractivity (Wildman–Crippen MR) is 279 cm³/mol. The summed E-state index contributed by atoms with van der Waals surface area (Å²) < 4.78 is 78.1. The van der Waals surface area contributed by atoms with Crippen LogP contribution in [0.1, 0.15) is 98.9 Å². The Morgan fingerprint density at radius 2 is 1.23 bits per heavy atom. The molecule has 0 aromatic carbocycles. The molecule has 15 atom stereocenters. The maximum atomic E-state index is 14.2. The van der Waals surface area contributed by atoms with Gasteiger partial charge in [0.1, 0.15) is 74.1 Å². The first-order valence-electron chi connectivity index (χ1n) is 24.2. The van der Waals surface area contributed by atoms with E-state index in [9.17, 15) is 38.3 Å². The largest absolute Gasteiger partial charge is 0.780 e. The minimum absolute atomic E-state index is 0.0126. The number of nitrogen functional groups attached to an aromatic ring is 1. The number of aliphatic imine (C=N–C) groups is 1. The van der Waals surface area contributed by atoms with Crippen LogP contribution in [0.2, 0.25) is 0 Å². The fourth-order valence-corrected chi connectivity index (χ4v) is 13.8. The van der Waals surface area contributed by atoms with Gasteiger partial charge in [-0.2, -0.15) is 4.98 Å². The minimum atomic E-state index is -4.69. The number of anilines is 2. The number of aromatic nitrogens is 8. The van der Waals surface area contributed by atoms with Crippen LogP contribution in [0, 0.1) is 20.8 Å². The van der Waals surface area contributed by atoms with Crippen molar-refractivity contribution < 1.29 is 60.4 Å². The lowest BCUT2D eigenvalue weighted by molar-refractivity contribution is -0.219. The zero-order valence-electron chi connectivity index (χ0n) is 41.9. The molecule has 9 rings (SSSR count). The van der Waals surface area contributed by atoms with E-state index >= 15 is 0 Å². The number of rotatable bonds is 20. The molecule has 4 aromatic heterocycles. The highest BCUT2D eigenvalue weighted by molar-refractivity contribution is 8.32. The Bertz CT molecular complexity index is 3410. The topological polar surface area (TPSA) is 420 Å². The standard InChI is InChI=1S/C41H58N13O18P3S3/c1-5-22-23(8-29(67-22)52-12-19(3)36(55)49-40(52)58)70-74(61,77)64-15-27-25(10-31(69-27)53-13-20(4)37(56)50-41(53)59)72-75(62,78)65-16-26-24(9-30(68-26)51-11-18(2)33(42)47-39(51)57)71-73(60,76)63-14-21-6-7-28(66-21)54-17-45-32-34(43)46-38(44)48-35(32)54/h11-13,17,21-31,34H,5-10,14-16,43H2,1-4H3,(H,60,76)(H,61,77)(H,62,78)(H2,42,47,57)(H3,44,46,48)(H,49,55,58)(H,50,56,59)/p-3/t21-,22+,23+,24+,25+,26+,27+,28+,29+,30+,31+,34?,73?,74?,75?/m0/s1. The van der Waals surface area contributed by atoms with Gasteiger partial charge in [0, 0.05) is 54.5 Å². The number of nitrogens with zero attached hydrogens (tertiary/aromatic N) is 7. The smallest absolute Gasteiger partial charge is 0.351 e. The van der Waals surface area contributed by atoms with E-state index in [1.165, 1.54) is 43.3 Å². The number of H-pyrrole nitrogens is 2. The second-order valence-corrected chi connectivity index (χ2v) is 27.0. The van der Waals surface area contributed by atoms with Gasteiger partial charge in [-0.3, -0.25) is 42.4 Å². The summed E-state index contributed by atoms with van der Waals surface area (Å²) in [6.07, 6.45) is -5.78. The molecule has 9 N–H and O–H groups in total. The van der Waals surface area contributed by atoms with Crippen molar-refractivity contribution in [2.45, 2.75) is 140 Å². The first-order valence-corrected chi connectivity index (χ1v) is 31.9. The summed E-state index contributed by atoms with van der Waals surface area (Å²) in [5.74, 6) is 0.592. The summed E-state index contributed by atoms with van der Waals surface area (Å²) in [6.45, 7) is -8.82. The number of imidazole rings is 1. The van der Waals surface area contributed by atoms with E-state index in [1.807, 2.05) is 0 Å². The van der Waals surface area contributed by atoms with Gasteiger partial charge in [-0.05, 0) is 40.0 Å². The average Bonchev–Trinajstić information content (AvgIpc) is 4.33. The summed E-state index contributed by atoms with van der Waals surface area (Å²) in [5, 5.41) is 2.94. The molecule has 428 valence electrons. The second-order valence-electron chi connectivity index (χ2n) is 18.9. The molecular formula is C41H55N13O18P3S3-3. The highest BCUT2D eigenvalue weighted by atomic mass is 32.7. The number of nitrogens with two attached hydrogens (primary N) is 3. The monoisotopic (exact) mass is 1210 g/mol. The molecule has 4 saturated heterocycles. The van der Waals surface area contributed by atoms with Gasteiger partial charge in [0.2, 0.25) is 0 Å². The first-order chi connectivity index (χ1) is 36.8. The summed E-state index contributed by atoms with van der Waals surface area (Å²) >= 11 is 16.0. The van der Waals surface area contributed by atoms with Gasteiger partial charge >= 0.3 is 17.1 Å². The van der Waals surface area contributed by atoms with E-state index in [4.69, 9.17) is 99.2 Å². The van der Waals surface area contributed by atoms with E-state index in [0.717, 1.165) is 9.13 Å². The van der Waals surface area contributed by atoms with Crippen molar-refractivity contribution in [2.75, 3.05) is 30.9 Å². The van der Waals surface area contributed by atoms with Crippen molar-refractivity contribution in [3.05, 3.63) is 99.5 Å². The minimum Gasteiger partial charge on any atom is -0.780 e. The van der Waals surface area contributed by atoms with Crippen molar-refractivity contribution in [2.24, 2.45) is 16.5 Å². The summed E-state index contributed by atoms with van der Waals surface area (Å²) in [4.78, 5) is 108. The summed E-state index contributed by atoms with van der Waals surface area (Å²) in [6, 6.07) is 0. The summed E-state index contributed by atoms with van der Waals surface area (Å²) in [5.41, 5.74) is 15.5. The number of fused-ring (bicyclic) bond motifs is 1. The van der Waals surface area contributed by atoms with Crippen LogP contribution in [-0.2, 0) is 86.5 Å². The Morgan fingerprint density at radius 1 is 0.718 bits per heavy atom. The fraction of sp³-hybridized carbons (Fsp3) is 0.610. The Balaban J connectivity index is 0.874. The Hall–Kier alpha value is -4.12. The third kappa shape index (κ3) is 13.3. The molecule has 0 spiro atoms. The van der Waals surface area contributed by atoms with Crippen molar-refractivity contribution in [3.8, 4) is 0 Å². The molecule has 78 heavy (non-hydrogen) atoms. The number of ether oxygens (including phenoxy) is 4. The molecule has 0 saturated carbocycles. The van der Waals surface area contributed by atoms with Crippen molar-refractivity contribution in [1.82, 2.24) is 38.2 Å². The van der Waals surface area contributed by atoms with Gasteiger partial charge in [-0.15, -0.1) is 0 Å². The lowest BCUT2D eigenvalue weighted by atomic mass is 10.1. The normalized spacial score (nSPS) is 30.3. The third-order valence-corrected chi connectivity index (χ3v) is 18.1. The van der Waals surface area contributed by atoms with E-state index in [-0.39, 0.29) is 48.8 Å². The Morgan fingerprint density at radius 3 is 1.81 bits per heavy atom. The average molecular weight is 1210 g/mol.